The second-order valence-electron chi connectivity index (χ2n) is 1.38. The third kappa shape index (κ3) is 2.88. The van der Waals surface area contributed by atoms with Crippen LogP contribution in [-0.2, 0) is 32.7 Å². The third-order valence-corrected chi connectivity index (χ3v) is 0.832. The molecule has 0 atom stereocenters. The van der Waals surface area contributed by atoms with Gasteiger partial charge in [-0.05, 0) is 0 Å². The molecule has 0 saturated carbocycles. The summed E-state index contributed by atoms with van der Waals surface area (Å²) in [4.78, 5) is 3.42. The SMILES string of the molecule is [CH-]=Nc1[c-]cccc1.[Y]. The molecule has 1 aromatic carbocycles. The van der Waals surface area contributed by atoms with Gasteiger partial charge in [0, 0.05) is 32.7 Å². The van der Waals surface area contributed by atoms with Gasteiger partial charge in [-0.1, -0.05) is 0 Å². The van der Waals surface area contributed by atoms with Crippen LogP contribution in [-0.4, -0.2) is 6.72 Å². The number of aliphatic imine (C=N–C) groups is 1. The fraction of sp³-hybridized carbons (Fsp3) is 0. The van der Waals surface area contributed by atoms with Crippen molar-refractivity contribution in [2.24, 2.45) is 4.99 Å². The summed E-state index contributed by atoms with van der Waals surface area (Å²) < 4.78 is 0. The molecule has 0 aliphatic carbocycles. The first-order valence-corrected chi connectivity index (χ1v) is 2.31. The van der Waals surface area contributed by atoms with Gasteiger partial charge in [-0.15, -0.1) is 0 Å². The molecule has 0 aromatic heterocycles. The minimum absolute atomic E-state index is 0. The maximum absolute atomic E-state index is 4.94. The zero-order valence-electron chi connectivity index (χ0n) is 4.91. The number of benzene rings is 1. The molecule has 0 N–H and O–H groups in total. The molecular weight excluding hydrogens is 187 g/mol. The van der Waals surface area contributed by atoms with Crippen molar-refractivity contribution in [1.29, 1.82) is 0 Å². The molecule has 2 heteroatoms. The molecule has 0 saturated heterocycles. The van der Waals surface area contributed by atoms with Crippen molar-refractivity contribution in [3.8, 4) is 0 Å². The monoisotopic (exact) mass is 192 g/mol. The molecular formula is C7H5NY-2. The van der Waals surface area contributed by atoms with E-state index < -0.39 is 0 Å². The predicted molar refractivity (Wildman–Crippen MR) is 33.4 cm³/mol. The van der Waals surface area contributed by atoms with E-state index in [1.165, 1.54) is 0 Å². The van der Waals surface area contributed by atoms with E-state index in [-0.39, 0.29) is 32.7 Å². The van der Waals surface area contributed by atoms with Crippen LogP contribution in [0, 0.1) is 6.07 Å². The average molecular weight is 192 g/mol. The molecule has 0 spiro atoms. The van der Waals surface area contributed by atoms with E-state index in [1.807, 2.05) is 12.1 Å². The molecule has 0 amide bonds. The van der Waals surface area contributed by atoms with E-state index in [1.54, 1.807) is 12.1 Å². The van der Waals surface area contributed by atoms with Gasteiger partial charge in [0.25, 0.3) is 0 Å². The first kappa shape index (κ1) is 8.99. The van der Waals surface area contributed by atoms with Crippen LogP contribution in [0.1, 0.15) is 0 Å². The minimum atomic E-state index is 0. The summed E-state index contributed by atoms with van der Waals surface area (Å²) in [6.45, 7) is 4.94. The summed E-state index contributed by atoms with van der Waals surface area (Å²) in [6, 6.07) is 10.1. The molecule has 0 bridgehead atoms. The van der Waals surface area contributed by atoms with Crippen molar-refractivity contribution < 1.29 is 32.7 Å². The molecule has 0 aliphatic heterocycles. The molecule has 43 valence electrons. The number of hydrogen-bond donors (Lipinski definition) is 0. The third-order valence-electron chi connectivity index (χ3n) is 0.832. The van der Waals surface area contributed by atoms with Gasteiger partial charge in [0.15, 0.2) is 0 Å². The Morgan fingerprint density at radius 1 is 1.44 bits per heavy atom. The topological polar surface area (TPSA) is 12.4 Å². The van der Waals surface area contributed by atoms with Crippen molar-refractivity contribution >= 4 is 12.4 Å². The van der Waals surface area contributed by atoms with Gasteiger partial charge in [0.2, 0.25) is 0 Å². The van der Waals surface area contributed by atoms with E-state index >= 15 is 0 Å². The van der Waals surface area contributed by atoms with Crippen molar-refractivity contribution in [2.75, 3.05) is 0 Å². The van der Waals surface area contributed by atoms with Gasteiger partial charge in [0.1, 0.15) is 0 Å². The van der Waals surface area contributed by atoms with Crippen LogP contribution in [0.5, 0.6) is 0 Å². The standard InChI is InChI=1S/C7H5N.Y/c1-8-7-5-3-2-4-6-7;/h1-5H;/q-2;. The molecule has 1 radical (unpaired) electrons. The fourth-order valence-electron chi connectivity index (χ4n) is 0.464. The van der Waals surface area contributed by atoms with Crippen LogP contribution in [0.4, 0.5) is 5.69 Å². The summed E-state index contributed by atoms with van der Waals surface area (Å²) in [5.41, 5.74) is 0.688. The van der Waals surface area contributed by atoms with Crippen molar-refractivity contribution in [1.82, 2.24) is 0 Å². The molecule has 0 aliphatic rings. The Morgan fingerprint density at radius 2 is 2.22 bits per heavy atom. The molecule has 9 heavy (non-hydrogen) atoms. The van der Waals surface area contributed by atoms with Gasteiger partial charge in [-0.2, -0.15) is 24.9 Å². The number of hydrogen-bond acceptors (Lipinski definition) is 1. The maximum atomic E-state index is 4.94. The Hall–Kier alpha value is -0.00610. The van der Waals surface area contributed by atoms with E-state index in [0.29, 0.717) is 5.69 Å². The van der Waals surface area contributed by atoms with E-state index in [2.05, 4.69) is 11.1 Å². The zero-order chi connectivity index (χ0) is 5.82. The van der Waals surface area contributed by atoms with Crippen LogP contribution >= 0.6 is 0 Å². The predicted octanol–water partition coefficient (Wildman–Crippen LogP) is 1.69. The number of para-hydroxylation sites is 1. The van der Waals surface area contributed by atoms with E-state index in [9.17, 15) is 0 Å². The molecule has 1 rings (SSSR count). The van der Waals surface area contributed by atoms with E-state index in [4.69, 9.17) is 6.72 Å². The summed E-state index contributed by atoms with van der Waals surface area (Å²) in [7, 11) is 0. The molecule has 1 aromatic rings. The van der Waals surface area contributed by atoms with Crippen LogP contribution < -0.4 is 0 Å². The minimum Gasteiger partial charge on any atom is -0.485 e. The number of nitrogens with zero attached hydrogens (tertiary/aromatic N) is 1. The normalized spacial score (nSPS) is 7.56. The van der Waals surface area contributed by atoms with Gasteiger partial charge in [-0.25, -0.2) is 11.8 Å². The first-order valence-electron chi connectivity index (χ1n) is 2.31. The van der Waals surface area contributed by atoms with Crippen LogP contribution in [0.15, 0.2) is 29.3 Å². The summed E-state index contributed by atoms with van der Waals surface area (Å²) in [5.74, 6) is 0. The smallest absolute Gasteiger partial charge is 0 e. The Kier molecular flexibility index (Phi) is 4.83. The Balaban J connectivity index is 0.000000640. The van der Waals surface area contributed by atoms with Gasteiger partial charge < -0.3 is 4.99 Å². The largest absolute Gasteiger partial charge is 0.485 e. The van der Waals surface area contributed by atoms with Crippen molar-refractivity contribution in [3.05, 3.63) is 30.3 Å². The van der Waals surface area contributed by atoms with E-state index in [0.717, 1.165) is 0 Å². The van der Waals surface area contributed by atoms with Crippen molar-refractivity contribution in [3.63, 3.8) is 0 Å². The molecule has 0 fully saturated rings. The van der Waals surface area contributed by atoms with Gasteiger partial charge >= 0.3 is 0 Å². The van der Waals surface area contributed by atoms with Crippen molar-refractivity contribution in [2.45, 2.75) is 0 Å². The Bertz CT molecular complexity index is 172. The summed E-state index contributed by atoms with van der Waals surface area (Å²) in [6.07, 6.45) is 0. The Labute approximate surface area is 80.1 Å². The zero-order valence-corrected chi connectivity index (χ0v) is 7.75. The summed E-state index contributed by atoms with van der Waals surface area (Å²) in [5, 5.41) is 0. The van der Waals surface area contributed by atoms with Crippen LogP contribution in [0.2, 0.25) is 0 Å². The maximum Gasteiger partial charge on any atom is 0 e. The summed E-state index contributed by atoms with van der Waals surface area (Å²) >= 11 is 0. The second kappa shape index (κ2) is 4.83. The molecule has 0 heterocycles. The molecule has 1 nitrogen and oxygen atoms in total. The second-order valence-corrected chi connectivity index (χ2v) is 1.38. The van der Waals surface area contributed by atoms with Crippen LogP contribution in [0.3, 0.4) is 0 Å². The first-order chi connectivity index (χ1) is 3.93. The Morgan fingerprint density at radius 3 is 2.56 bits per heavy atom. The number of rotatable bonds is 1. The van der Waals surface area contributed by atoms with Gasteiger partial charge in [-0.3, -0.25) is 6.07 Å². The molecule has 0 unspecified atom stereocenters. The quantitative estimate of drug-likeness (QED) is 0.474. The average Bonchev–Trinajstić information content (AvgIpc) is 1.90. The van der Waals surface area contributed by atoms with Gasteiger partial charge in [0.05, 0.1) is 0 Å². The van der Waals surface area contributed by atoms with Crippen LogP contribution in [0.25, 0.3) is 0 Å². The fourth-order valence-corrected chi connectivity index (χ4v) is 0.464.